The Bertz CT molecular complexity index is 479. The molecule has 5 nitrogen and oxygen atoms in total. The van der Waals surface area contributed by atoms with Crippen LogP contribution in [0.3, 0.4) is 0 Å². The van der Waals surface area contributed by atoms with Crippen LogP contribution in [0.25, 0.3) is 0 Å². The molecule has 1 aliphatic carbocycles. The normalized spacial score (nSPS) is 18.5. The van der Waals surface area contributed by atoms with Crippen LogP contribution in [-0.4, -0.2) is 22.5 Å². The largest absolute Gasteiger partial charge is 0.353 e. The van der Waals surface area contributed by atoms with Gasteiger partial charge in [0.15, 0.2) is 0 Å². The molecule has 1 aromatic rings. The molecule has 1 heterocycles. The molecule has 2 N–H and O–H groups in total. The summed E-state index contributed by atoms with van der Waals surface area (Å²) in [5.74, 6) is 0.123. The maximum Gasteiger partial charge on any atom is 0.219 e. The molecule has 20 heavy (non-hydrogen) atoms. The fourth-order valence-corrected chi connectivity index (χ4v) is 3.09. The molecule has 1 unspecified atom stereocenters. The molecule has 6 heteroatoms. The Balaban J connectivity index is 1.95. The highest BCUT2D eigenvalue weighted by Gasteiger charge is 2.24. The third-order valence-electron chi connectivity index (χ3n) is 3.07. The summed E-state index contributed by atoms with van der Waals surface area (Å²) in [7, 11) is 0. The van der Waals surface area contributed by atoms with Gasteiger partial charge in [-0.05, 0) is 33.6 Å². The first-order valence-electron chi connectivity index (χ1n) is 7.09. The summed E-state index contributed by atoms with van der Waals surface area (Å²) in [6.07, 6.45) is 3.29. The van der Waals surface area contributed by atoms with Crippen LogP contribution in [0.4, 0.5) is 5.13 Å². The summed E-state index contributed by atoms with van der Waals surface area (Å²) >= 11 is 1.62. The lowest BCUT2D eigenvalue weighted by Gasteiger charge is -2.21. The molecule has 1 aliphatic rings. The van der Waals surface area contributed by atoms with Gasteiger partial charge >= 0.3 is 0 Å². The Kier molecular flexibility index (Phi) is 4.65. The van der Waals surface area contributed by atoms with Gasteiger partial charge in [0.25, 0.3) is 0 Å². The van der Waals surface area contributed by atoms with Gasteiger partial charge in [-0.3, -0.25) is 9.63 Å². The quantitative estimate of drug-likeness (QED) is 0.839. The van der Waals surface area contributed by atoms with E-state index < -0.39 is 0 Å². The number of amides is 1. The molecule has 1 amide bonds. The Morgan fingerprint density at radius 1 is 1.50 bits per heavy atom. The predicted molar refractivity (Wildman–Crippen MR) is 80.8 cm³/mol. The van der Waals surface area contributed by atoms with E-state index in [4.69, 9.17) is 4.84 Å². The number of rotatable bonds is 4. The van der Waals surface area contributed by atoms with E-state index in [9.17, 15) is 4.79 Å². The van der Waals surface area contributed by atoms with Gasteiger partial charge in [-0.2, -0.15) is 0 Å². The van der Waals surface area contributed by atoms with Gasteiger partial charge in [-0.15, -0.1) is 0 Å². The fourth-order valence-electron chi connectivity index (χ4n) is 2.07. The Morgan fingerprint density at radius 3 is 2.90 bits per heavy atom. The zero-order valence-corrected chi connectivity index (χ0v) is 13.4. The summed E-state index contributed by atoms with van der Waals surface area (Å²) in [6.45, 7) is 7.85. The van der Waals surface area contributed by atoms with Gasteiger partial charge in [0.1, 0.15) is 0 Å². The minimum atomic E-state index is -0.246. The molecule has 1 atom stereocenters. The van der Waals surface area contributed by atoms with Crippen LogP contribution in [0.1, 0.15) is 51.1 Å². The monoisotopic (exact) mass is 297 g/mol. The number of aromatic nitrogens is 1. The number of anilines is 1. The second-order valence-corrected chi connectivity index (χ2v) is 7.15. The van der Waals surface area contributed by atoms with Crippen molar-refractivity contribution in [3.8, 4) is 0 Å². The Morgan fingerprint density at radius 2 is 2.25 bits per heavy atom. The minimum absolute atomic E-state index is 0.123. The molecule has 2 rings (SSSR count). The van der Waals surface area contributed by atoms with Crippen LogP contribution < -0.4 is 10.8 Å². The zero-order chi connectivity index (χ0) is 14.8. The van der Waals surface area contributed by atoms with Crippen LogP contribution in [0, 0.1) is 0 Å². The Hall–Kier alpha value is -1.14. The summed E-state index contributed by atoms with van der Waals surface area (Å²) in [5, 5.41) is 3.86. The second kappa shape index (κ2) is 6.10. The van der Waals surface area contributed by atoms with Gasteiger partial charge < -0.3 is 5.32 Å². The summed E-state index contributed by atoms with van der Waals surface area (Å²) < 4.78 is 0. The molecule has 0 aromatic carbocycles. The first kappa shape index (κ1) is 15.3. The van der Waals surface area contributed by atoms with Crippen molar-refractivity contribution < 1.29 is 9.63 Å². The first-order chi connectivity index (χ1) is 9.37. The average Bonchev–Trinajstić information content (AvgIpc) is 2.77. The van der Waals surface area contributed by atoms with E-state index >= 15 is 0 Å². The van der Waals surface area contributed by atoms with Crippen LogP contribution in [0.5, 0.6) is 0 Å². The van der Waals surface area contributed by atoms with Crippen LogP contribution in [0.15, 0.2) is 0 Å². The summed E-state index contributed by atoms with van der Waals surface area (Å²) in [6, 6.07) is 0.242. The lowest BCUT2D eigenvalue weighted by atomic mass is 9.97. The molecular weight excluding hydrogens is 274 g/mol. The number of aryl methyl sites for hydroxylation is 1. The topological polar surface area (TPSA) is 63.2 Å². The van der Waals surface area contributed by atoms with Crippen molar-refractivity contribution in [3.63, 3.8) is 0 Å². The van der Waals surface area contributed by atoms with Crippen molar-refractivity contribution in [1.29, 1.82) is 0 Å². The molecule has 0 aliphatic heterocycles. The van der Waals surface area contributed by atoms with E-state index in [1.807, 2.05) is 27.7 Å². The predicted octanol–water partition coefficient (Wildman–Crippen LogP) is 2.67. The molecule has 0 saturated carbocycles. The maximum atomic E-state index is 11.5. The number of nitrogens with zero attached hydrogens (tertiary/aromatic N) is 1. The molecule has 112 valence electrons. The van der Waals surface area contributed by atoms with E-state index in [1.165, 1.54) is 4.88 Å². The lowest BCUT2D eigenvalue weighted by molar-refractivity contribution is -0.121. The molecule has 0 bridgehead atoms. The van der Waals surface area contributed by atoms with Gasteiger partial charge in [0.05, 0.1) is 11.3 Å². The van der Waals surface area contributed by atoms with E-state index in [0.717, 1.165) is 30.1 Å². The number of hydrogen-bond acceptors (Lipinski definition) is 5. The maximum absolute atomic E-state index is 11.5. The molecule has 0 fully saturated rings. The van der Waals surface area contributed by atoms with E-state index in [2.05, 4.69) is 15.8 Å². The third-order valence-corrected chi connectivity index (χ3v) is 4.09. The first-order valence-corrected chi connectivity index (χ1v) is 7.91. The summed E-state index contributed by atoms with van der Waals surface area (Å²) in [5.41, 5.74) is 3.82. The minimum Gasteiger partial charge on any atom is -0.353 e. The second-order valence-electron chi connectivity index (χ2n) is 6.07. The van der Waals surface area contributed by atoms with E-state index in [0.29, 0.717) is 6.42 Å². The standard InChI is InChI=1S/C14H23N3O2S/c1-5-12(18)15-9-6-7-10-11(8-9)20-13(16-10)17-19-14(2,3)4/h9H,5-8H2,1-4H3,(H,15,18)(H,16,17). The summed E-state index contributed by atoms with van der Waals surface area (Å²) in [4.78, 5) is 22.8. The van der Waals surface area contributed by atoms with Gasteiger partial charge in [0.2, 0.25) is 11.0 Å². The molecule has 0 radical (unpaired) electrons. The molecule has 1 aromatic heterocycles. The Labute approximate surface area is 124 Å². The van der Waals surface area contributed by atoms with Crippen LogP contribution in [0.2, 0.25) is 0 Å². The highest BCUT2D eigenvalue weighted by Crippen LogP contribution is 2.30. The fraction of sp³-hybridized carbons (Fsp3) is 0.714. The van der Waals surface area contributed by atoms with E-state index in [-0.39, 0.29) is 17.6 Å². The van der Waals surface area contributed by atoms with Crippen molar-refractivity contribution in [3.05, 3.63) is 10.6 Å². The number of hydrogen-bond donors (Lipinski definition) is 2. The van der Waals surface area contributed by atoms with Crippen molar-refractivity contribution in [2.24, 2.45) is 0 Å². The van der Waals surface area contributed by atoms with Gasteiger partial charge in [-0.1, -0.05) is 18.3 Å². The third kappa shape index (κ3) is 4.18. The lowest BCUT2D eigenvalue weighted by Crippen LogP contribution is -2.38. The van der Waals surface area contributed by atoms with Crippen molar-refractivity contribution in [1.82, 2.24) is 10.3 Å². The van der Waals surface area contributed by atoms with Crippen LogP contribution >= 0.6 is 11.3 Å². The van der Waals surface area contributed by atoms with Crippen molar-refractivity contribution in [2.45, 2.75) is 65.0 Å². The van der Waals surface area contributed by atoms with Crippen molar-refractivity contribution >= 4 is 22.4 Å². The molecule has 0 saturated heterocycles. The van der Waals surface area contributed by atoms with Crippen LogP contribution in [-0.2, 0) is 22.5 Å². The molecular formula is C14H23N3O2S. The van der Waals surface area contributed by atoms with Crippen molar-refractivity contribution in [2.75, 3.05) is 5.48 Å². The highest BCUT2D eigenvalue weighted by molar-refractivity contribution is 7.15. The number of thiazole rings is 1. The van der Waals surface area contributed by atoms with Gasteiger partial charge in [0, 0.05) is 23.8 Å². The zero-order valence-electron chi connectivity index (χ0n) is 12.6. The SMILES string of the molecule is CCC(=O)NC1CCc2nc(NOC(C)(C)C)sc2C1. The number of carbonyl (C=O) groups excluding carboxylic acids is 1. The average molecular weight is 297 g/mol. The van der Waals surface area contributed by atoms with E-state index in [1.54, 1.807) is 11.3 Å². The molecule has 0 spiro atoms. The highest BCUT2D eigenvalue weighted by atomic mass is 32.1. The number of fused-ring (bicyclic) bond motifs is 1. The number of nitrogens with one attached hydrogen (secondary N) is 2. The van der Waals surface area contributed by atoms with Gasteiger partial charge in [-0.25, -0.2) is 10.5 Å². The smallest absolute Gasteiger partial charge is 0.219 e. The number of carbonyl (C=O) groups is 1.